The van der Waals surface area contributed by atoms with Crippen LogP contribution >= 0.6 is 0 Å². The number of nitrogens with zero attached hydrogens (tertiary/aromatic N) is 4. The lowest BCUT2D eigenvalue weighted by molar-refractivity contribution is 0.0553. The topological polar surface area (TPSA) is 77.0 Å². The van der Waals surface area contributed by atoms with Gasteiger partial charge in [0.15, 0.2) is 0 Å². The van der Waals surface area contributed by atoms with Crippen molar-refractivity contribution in [2.24, 2.45) is 4.99 Å². The van der Waals surface area contributed by atoms with E-state index in [1.165, 1.54) is 27.7 Å². The van der Waals surface area contributed by atoms with Crippen molar-refractivity contribution in [1.82, 2.24) is 19.8 Å². The molecule has 4 rings (SSSR count). The average molecular weight is 600 g/mol. The Balaban J connectivity index is 1.48. The molecule has 1 aliphatic heterocycles. The van der Waals surface area contributed by atoms with Crippen molar-refractivity contribution in [3.63, 3.8) is 0 Å². The number of aromatic amines is 1. The normalized spacial score (nSPS) is 16.2. The van der Waals surface area contributed by atoms with E-state index < -0.39 is 5.60 Å². The lowest BCUT2D eigenvalue weighted by Gasteiger charge is -2.31. The number of ether oxygens (including phenoxy) is 1. The molecular weight excluding hydrogens is 546 g/mol. The third kappa shape index (κ3) is 10.4. The number of fused-ring (bicyclic) bond motifs is 1. The van der Waals surface area contributed by atoms with Gasteiger partial charge < -0.3 is 19.7 Å². The Labute approximate surface area is 264 Å². The van der Waals surface area contributed by atoms with Crippen molar-refractivity contribution in [3.05, 3.63) is 83.0 Å². The Morgan fingerprint density at radius 2 is 1.91 bits per heavy atom. The summed E-state index contributed by atoms with van der Waals surface area (Å²) in [6, 6.07) is 13.0. The number of H-pyrrole nitrogens is 1. The first-order chi connectivity index (χ1) is 21.1. The Hall–Kier alpha value is -3.26. The van der Waals surface area contributed by atoms with E-state index in [9.17, 15) is 5.11 Å². The van der Waals surface area contributed by atoms with Crippen LogP contribution in [-0.2, 0) is 13.0 Å². The number of likely N-dealkylation sites (N-methyl/N-ethyl adjacent to an activating group) is 1. The number of unbranched alkanes of at least 4 members (excludes halogenated alkanes) is 1. The number of nitrogens with one attached hydrogen (secondary N) is 1. The third-order valence-electron chi connectivity index (χ3n) is 8.34. The number of piperazine rings is 1. The molecule has 0 radical (unpaired) electrons. The predicted octanol–water partition coefficient (Wildman–Crippen LogP) is 7.31. The molecule has 2 aromatic heterocycles. The van der Waals surface area contributed by atoms with Gasteiger partial charge in [0.1, 0.15) is 5.75 Å². The predicted molar refractivity (Wildman–Crippen MR) is 184 cm³/mol. The van der Waals surface area contributed by atoms with Gasteiger partial charge in [-0.1, -0.05) is 31.1 Å². The van der Waals surface area contributed by atoms with Gasteiger partial charge in [-0.25, -0.2) is 0 Å². The van der Waals surface area contributed by atoms with Gasteiger partial charge in [-0.15, -0.1) is 0 Å². The van der Waals surface area contributed by atoms with Crippen molar-refractivity contribution in [1.29, 1.82) is 0 Å². The SMILES string of the molecule is C/C=C\C(=NC(CCCC)=C(C)CCc1ccc2[nH]c(CN3CCN(C)CC3)cc2c1)c1cc(OCCC(C)(C)O)ccn1. The second-order valence-corrected chi connectivity index (χ2v) is 12.9. The van der Waals surface area contributed by atoms with Gasteiger partial charge in [-0.3, -0.25) is 14.9 Å². The monoisotopic (exact) mass is 599 g/mol. The van der Waals surface area contributed by atoms with Gasteiger partial charge in [-0.05, 0) is 102 Å². The molecule has 1 aliphatic rings. The van der Waals surface area contributed by atoms with Crippen molar-refractivity contribution in [2.75, 3.05) is 39.8 Å². The van der Waals surface area contributed by atoms with Gasteiger partial charge in [0.05, 0.1) is 23.6 Å². The van der Waals surface area contributed by atoms with Gasteiger partial charge in [0.2, 0.25) is 0 Å². The van der Waals surface area contributed by atoms with Crippen molar-refractivity contribution >= 4 is 16.6 Å². The standard InChI is InChI=1S/C37H53N5O2/c1-7-9-11-33(40-35(10-8-2)36-26-32(16-18-38-36)44-23-17-37(4,5)43)28(3)12-13-29-14-15-34-30(24-29)25-31(39-34)27-42-21-19-41(6)20-22-42/h8,10,14-16,18,24-26,39,43H,7,9,11-13,17,19-23,27H2,1-6H3/b10-8-,33-28?,40-35?. The van der Waals surface area contributed by atoms with Gasteiger partial charge in [-0.2, -0.15) is 0 Å². The largest absolute Gasteiger partial charge is 0.493 e. The number of aliphatic imine (C=N–C) groups is 1. The molecule has 0 saturated carbocycles. The average Bonchev–Trinajstić information content (AvgIpc) is 3.39. The van der Waals surface area contributed by atoms with Crippen LogP contribution in [0.2, 0.25) is 0 Å². The number of allylic oxidation sites excluding steroid dienone is 4. The fraction of sp³-hybridized carbons (Fsp3) is 0.514. The minimum atomic E-state index is -0.759. The van der Waals surface area contributed by atoms with Crippen LogP contribution < -0.4 is 4.74 Å². The van der Waals surface area contributed by atoms with E-state index in [1.807, 2.05) is 31.2 Å². The zero-order valence-electron chi connectivity index (χ0n) is 27.8. The maximum absolute atomic E-state index is 10.0. The molecule has 0 bridgehead atoms. The molecule has 1 aromatic carbocycles. The van der Waals surface area contributed by atoms with E-state index in [0.29, 0.717) is 13.0 Å². The smallest absolute Gasteiger partial charge is 0.123 e. The second-order valence-electron chi connectivity index (χ2n) is 12.9. The summed E-state index contributed by atoms with van der Waals surface area (Å²) in [5.41, 5.74) is 7.20. The van der Waals surface area contributed by atoms with Crippen LogP contribution in [0.3, 0.4) is 0 Å². The summed E-state index contributed by atoms with van der Waals surface area (Å²) >= 11 is 0. The third-order valence-corrected chi connectivity index (χ3v) is 8.34. The molecule has 1 saturated heterocycles. The molecule has 7 heteroatoms. The molecule has 238 valence electrons. The van der Waals surface area contributed by atoms with Crippen LogP contribution in [0.15, 0.2) is 71.0 Å². The fourth-order valence-corrected chi connectivity index (χ4v) is 5.46. The van der Waals surface area contributed by atoms with Crippen molar-refractivity contribution in [2.45, 2.75) is 85.3 Å². The fourth-order valence-electron chi connectivity index (χ4n) is 5.46. The summed E-state index contributed by atoms with van der Waals surface area (Å²) in [7, 11) is 2.20. The van der Waals surface area contributed by atoms with Crippen LogP contribution in [-0.4, -0.2) is 76.0 Å². The first kappa shape index (κ1) is 33.6. The number of rotatable bonds is 15. The van der Waals surface area contributed by atoms with E-state index in [2.05, 4.69) is 64.9 Å². The van der Waals surface area contributed by atoms with Crippen LogP contribution in [0.25, 0.3) is 10.9 Å². The van der Waals surface area contributed by atoms with Gasteiger partial charge in [0, 0.05) is 68.3 Å². The number of hydrogen-bond donors (Lipinski definition) is 2. The Kier molecular flexibility index (Phi) is 12.4. The zero-order chi connectivity index (χ0) is 31.5. The van der Waals surface area contributed by atoms with Crippen LogP contribution in [0.4, 0.5) is 0 Å². The lowest BCUT2D eigenvalue weighted by atomic mass is 10.0. The number of pyridine rings is 1. The van der Waals surface area contributed by atoms with Crippen LogP contribution in [0.5, 0.6) is 5.75 Å². The highest BCUT2D eigenvalue weighted by molar-refractivity contribution is 6.08. The molecular formula is C37H53N5O2. The molecule has 0 unspecified atom stereocenters. The minimum Gasteiger partial charge on any atom is -0.493 e. The maximum Gasteiger partial charge on any atom is 0.123 e. The Morgan fingerprint density at radius 1 is 1.11 bits per heavy atom. The summed E-state index contributed by atoms with van der Waals surface area (Å²) in [6.45, 7) is 16.0. The van der Waals surface area contributed by atoms with Crippen LogP contribution in [0, 0.1) is 0 Å². The van der Waals surface area contributed by atoms with E-state index in [4.69, 9.17) is 9.73 Å². The summed E-state index contributed by atoms with van der Waals surface area (Å²) in [4.78, 5) is 18.4. The number of benzene rings is 1. The molecule has 44 heavy (non-hydrogen) atoms. The first-order valence-electron chi connectivity index (χ1n) is 16.4. The highest BCUT2D eigenvalue weighted by Gasteiger charge is 2.16. The second kappa shape index (κ2) is 16.2. The highest BCUT2D eigenvalue weighted by atomic mass is 16.5. The van der Waals surface area contributed by atoms with Gasteiger partial charge >= 0.3 is 0 Å². The van der Waals surface area contributed by atoms with Crippen molar-refractivity contribution < 1.29 is 9.84 Å². The van der Waals surface area contributed by atoms with Crippen LogP contribution in [0.1, 0.15) is 83.7 Å². The molecule has 0 aliphatic carbocycles. The molecule has 1 fully saturated rings. The van der Waals surface area contributed by atoms with E-state index in [-0.39, 0.29) is 0 Å². The molecule has 7 nitrogen and oxygen atoms in total. The Bertz CT molecular complexity index is 1440. The summed E-state index contributed by atoms with van der Waals surface area (Å²) in [5.74, 6) is 0.735. The molecule has 0 spiro atoms. The lowest BCUT2D eigenvalue weighted by Crippen LogP contribution is -2.43. The number of aliphatic hydroxyl groups is 1. The maximum atomic E-state index is 10.0. The molecule has 3 aromatic rings. The summed E-state index contributed by atoms with van der Waals surface area (Å²) in [6.07, 6.45) is 11.5. The molecule has 0 atom stereocenters. The minimum absolute atomic E-state index is 0.440. The number of aryl methyl sites for hydroxylation is 1. The van der Waals surface area contributed by atoms with E-state index >= 15 is 0 Å². The molecule has 2 N–H and O–H groups in total. The summed E-state index contributed by atoms with van der Waals surface area (Å²) < 4.78 is 5.93. The first-order valence-corrected chi connectivity index (χ1v) is 16.4. The van der Waals surface area contributed by atoms with Gasteiger partial charge in [0.25, 0.3) is 0 Å². The van der Waals surface area contributed by atoms with Crippen molar-refractivity contribution in [3.8, 4) is 5.75 Å². The van der Waals surface area contributed by atoms with E-state index in [0.717, 1.165) is 87.7 Å². The number of aromatic nitrogens is 2. The number of hydrogen-bond acceptors (Lipinski definition) is 6. The molecule has 3 heterocycles. The molecule has 0 amide bonds. The highest BCUT2D eigenvalue weighted by Crippen LogP contribution is 2.24. The zero-order valence-corrected chi connectivity index (χ0v) is 27.8. The Morgan fingerprint density at radius 3 is 2.64 bits per heavy atom. The summed E-state index contributed by atoms with van der Waals surface area (Å²) in [5, 5.41) is 11.3. The van der Waals surface area contributed by atoms with E-state index in [1.54, 1.807) is 20.0 Å². The quantitative estimate of drug-likeness (QED) is 0.179.